The molecule has 8 heteroatoms. The lowest BCUT2D eigenvalue weighted by atomic mass is 10.0. The van der Waals surface area contributed by atoms with Crippen molar-refractivity contribution in [2.24, 2.45) is 5.14 Å². The number of hydrogen-bond donors (Lipinski definition) is 3. The Kier molecular flexibility index (Phi) is 8.16. The molecule has 0 bridgehead atoms. The van der Waals surface area contributed by atoms with Gasteiger partial charge in [0.2, 0.25) is 10.0 Å². The molecule has 0 aliphatic heterocycles. The van der Waals surface area contributed by atoms with Crippen molar-refractivity contribution >= 4 is 21.6 Å². The minimum Gasteiger partial charge on any atom is -0.389 e. The minimum absolute atomic E-state index is 0.0208. The molecule has 2 rings (SSSR count). The average molecular weight is 427 g/mol. The molecule has 0 spiro atoms. The lowest BCUT2D eigenvalue weighted by Gasteiger charge is -2.14. The van der Waals surface area contributed by atoms with Gasteiger partial charge in [-0.3, -0.25) is 4.79 Å². The number of aryl methyl sites for hydroxylation is 2. The standard InChI is InChI=1S/C22H26N4O3S/c1-3-17-6-5-7-18(4-2)21(17)26-22(27)19(14-23)15-25-13-12-16-8-10-20(11-9-16)30(24,28)29/h5-11,15,25H,3-4,12-13H2,1-2H3,(H,26,27)(H2,24,28,29)/b19-15-. The van der Waals surface area contributed by atoms with Gasteiger partial charge in [0.15, 0.2) is 0 Å². The third kappa shape index (κ3) is 6.17. The fourth-order valence-electron chi connectivity index (χ4n) is 2.97. The predicted molar refractivity (Wildman–Crippen MR) is 117 cm³/mol. The molecule has 4 N–H and O–H groups in total. The minimum atomic E-state index is -3.71. The van der Waals surface area contributed by atoms with E-state index in [1.54, 1.807) is 12.1 Å². The third-order valence-corrected chi connectivity index (χ3v) is 5.59. The SMILES string of the molecule is CCc1cccc(CC)c1NC(=O)/C(C#N)=C\NCCc1ccc(S(N)(=O)=O)cc1. The maximum atomic E-state index is 12.6. The van der Waals surface area contributed by atoms with E-state index >= 15 is 0 Å². The van der Waals surface area contributed by atoms with Crippen LogP contribution in [0.4, 0.5) is 5.69 Å². The number of nitrogens with two attached hydrogens (primary N) is 1. The highest BCUT2D eigenvalue weighted by Gasteiger charge is 2.14. The first-order valence-electron chi connectivity index (χ1n) is 9.67. The molecule has 0 saturated heterocycles. The normalized spacial score (nSPS) is 11.6. The van der Waals surface area contributed by atoms with Crippen molar-refractivity contribution in [2.75, 3.05) is 11.9 Å². The third-order valence-electron chi connectivity index (χ3n) is 4.66. The zero-order chi connectivity index (χ0) is 22.1. The quantitative estimate of drug-likeness (QED) is 0.323. The zero-order valence-electron chi connectivity index (χ0n) is 17.1. The van der Waals surface area contributed by atoms with Gasteiger partial charge in [-0.1, -0.05) is 44.2 Å². The van der Waals surface area contributed by atoms with Crippen molar-refractivity contribution in [2.45, 2.75) is 38.0 Å². The Morgan fingerprint density at radius 3 is 2.20 bits per heavy atom. The molecular weight excluding hydrogens is 400 g/mol. The number of rotatable bonds is 9. The number of nitrogens with zero attached hydrogens (tertiary/aromatic N) is 1. The van der Waals surface area contributed by atoms with Crippen LogP contribution in [0.1, 0.15) is 30.5 Å². The number of sulfonamides is 1. The van der Waals surface area contributed by atoms with E-state index in [-0.39, 0.29) is 10.5 Å². The molecule has 2 aromatic rings. The van der Waals surface area contributed by atoms with Crippen molar-refractivity contribution < 1.29 is 13.2 Å². The van der Waals surface area contributed by atoms with Crippen LogP contribution in [0.3, 0.4) is 0 Å². The van der Waals surface area contributed by atoms with E-state index in [4.69, 9.17) is 5.14 Å². The molecular formula is C22H26N4O3S. The molecule has 1 amide bonds. The van der Waals surface area contributed by atoms with E-state index in [0.29, 0.717) is 13.0 Å². The Morgan fingerprint density at radius 2 is 1.70 bits per heavy atom. The molecule has 0 heterocycles. The number of amides is 1. The first kappa shape index (κ1) is 23.1. The molecule has 0 aromatic heterocycles. The summed E-state index contributed by atoms with van der Waals surface area (Å²) in [6.45, 7) is 4.50. The molecule has 158 valence electrons. The summed E-state index contributed by atoms with van der Waals surface area (Å²) in [7, 11) is -3.71. The number of para-hydroxylation sites is 1. The summed E-state index contributed by atoms with van der Waals surface area (Å²) in [6, 6.07) is 14.1. The second kappa shape index (κ2) is 10.6. The van der Waals surface area contributed by atoms with Crippen LogP contribution >= 0.6 is 0 Å². The Balaban J connectivity index is 1.99. The first-order chi connectivity index (χ1) is 14.3. The number of nitriles is 1. The highest BCUT2D eigenvalue weighted by atomic mass is 32.2. The van der Waals surface area contributed by atoms with Gasteiger partial charge in [0, 0.05) is 18.4 Å². The maximum Gasteiger partial charge on any atom is 0.267 e. The molecule has 30 heavy (non-hydrogen) atoms. The Morgan fingerprint density at radius 1 is 1.10 bits per heavy atom. The van der Waals surface area contributed by atoms with E-state index in [2.05, 4.69) is 10.6 Å². The number of nitrogens with one attached hydrogen (secondary N) is 2. The topological polar surface area (TPSA) is 125 Å². The summed E-state index contributed by atoms with van der Waals surface area (Å²) in [5.74, 6) is -0.460. The molecule has 0 aliphatic rings. The fraction of sp³-hybridized carbons (Fsp3) is 0.273. The largest absolute Gasteiger partial charge is 0.389 e. The van der Waals surface area contributed by atoms with Gasteiger partial charge in [0.25, 0.3) is 5.91 Å². The van der Waals surface area contributed by atoms with Crippen molar-refractivity contribution in [1.29, 1.82) is 5.26 Å². The van der Waals surface area contributed by atoms with Gasteiger partial charge in [0.1, 0.15) is 11.6 Å². The van der Waals surface area contributed by atoms with E-state index < -0.39 is 15.9 Å². The van der Waals surface area contributed by atoms with Crippen LogP contribution in [0.5, 0.6) is 0 Å². The van der Waals surface area contributed by atoms with Crippen LogP contribution in [-0.4, -0.2) is 20.9 Å². The van der Waals surface area contributed by atoms with Crippen LogP contribution in [0.2, 0.25) is 0 Å². The van der Waals surface area contributed by atoms with Gasteiger partial charge in [0.05, 0.1) is 4.90 Å². The number of anilines is 1. The zero-order valence-corrected chi connectivity index (χ0v) is 17.9. The molecule has 7 nitrogen and oxygen atoms in total. The Hall–Kier alpha value is -3.15. The van der Waals surface area contributed by atoms with E-state index in [1.165, 1.54) is 18.3 Å². The highest BCUT2D eigenvalue weighted by Crippen LogP contribution is 2.23. The molecule has 2 aromatic carbocycles. The number of carbonyl (C=O) groups excluding carboxylic acids is 1. The van der Waals surface area contributed by atoms with E-state index in [0.717, 1.165) is 35.2 Å². The molecule has 0 saturated carbocycles. The van der Waals surface area contributed by atoms with E-state index in [1.807, 2.05) is 38.1 Å². The summed E-state index contributed by atoms with van der Waals surface area (Å²) in [5, 5.41) is 20.3. The van der Waals surface area contributed by atoms with Crippen LogP contribution in [0.15, 0.2) is 59.1 Å². The predicted octanol–water partition coefficient (Wildman–Crippen LogP) is 2.64. The smallest absolute Gasteiger partial charge is 0.267 e. The molecule has 0 fully saturated rings. The second-order valence-corrected chi connectivity index (χ2v) is 8.24. The second-order valence-electron chi connectivity index (χ2n) is 6.68. The fourth-order valence-corrected chi connectivity index (χ4v) is 3.48. The van der Waals surface area contributed by atoms with Crippen molar-refractivity contribution in [1.82, 2.24) is 5.32 Å². The maximum absolute atomic E-state index is 12.6. The summed E-state index contributed by atoms with van der Waals surface area (Å²) in [4.78, 5) is 12.6. The number of carbonyl (C=O) groups is 1. The van der Waals surface area contributed by atoms with Crippen molar-refractivity contribution in [3.8, 4) is 6.07 Å². The van der Waals surface area contributed by atoms with Gasteiger partial charge in [-0.05, 0) is 48.1 Å². The van der Waals surface area contributed by atoms with Crippen LogP contribution in [0, 0.1) is 11.3 Å². The van der Waals surface area contributed by atoms with Crippen LogP contribution in [0.25, 0.3) is 0 Å². The molecule has 0 aliphatic carbocycles. The van der Waals surface area contributed by atoms with Gasteiger partial charge < -0.3 is 10.6 Å². The van der Waals surface area contributed by atoms with Gasteiger partial charge in [-0.25, -0.2) is 13.6 Å². The Labute approximate surface area is 177 Å². The summed E-state index contributed by atoms with van der Waals surface area (Å²) in [6.07, 6.45) is 3.53. The first-order valence-corrected chi connectivity index (χ1v) is 11.2. The van der Waals surface area contributed by atoms with E-state index in [9.17, 15) is 18.5 Å². The van der Waals surface area contributed by atoms with Crippen molar-refractivity contribution in [3.05, 3.63) is 70.9 Å². The number of benzene rings is 2. The Bertz CT molecular complexity index is 1050. The number of hydrogen-bond acceptors (Lipinski definition) is 5. The summed E-state index contributed by atoms with van der Waals surface area (Å²) in [5.41, 5.74) is 3.69. The van der Waals surface area contributed by atoms with Gasteiger partial charge in [-0.2, -0.15) is 5.26 Å². The molecule has 0 atom stereocenters. The summed E-state index contributed by atoms with van der Waals surface area (Å²) >= 11 is 0. The van der Waals surface area contributed by atoms with Crippen LogP contribution < -0.4 is 15.8 Å². The molecule has 0 unspecified atom stereocenters. The number of primary sulfonamides is 1. The lowest BCUT2D eigenvalue weighted by Crippen LogP contribution is -2.19. The van der Waals surface area contributed by atoms with Crippen molar-refractivity contribution in [3.63, 3.8) is 0 Å². The highest BCUT2D eigenvalue weighted by molar-refractivity contribution is 7.89. The lowest BCUT2D eigenvalue weighted by molar-refractivity contribution is -0.112. The van der Waals surface area contributed by atoms with Gasteiger partial charge in [-0.15, -0.1) is 0 Å². The average Bonchev–Trinajstić information content (AvgIpc) is 2.73. The monoisotopic (exact) mass is 426 g/mol. The summed E-state index contributed by atoms with van der Waals surface area (Å²) < 4.78 is 22.6. The van der Waals surface area contributed by atoms with Crippen LogP contribution in [-0.2, 0) is 34.1 Å². The molecule has 0 radical (unpaired) electrons. The van der Waals surface area contributed by atoms with Gasteiger partial charge >= 0.3 is 0 Å².